The zero-order chi connectivity index (χ0) is 13.0. The number of pyridine rings is 1. The summed E-state index contributed by atoms with van der Waals surface area (Å²) >= 11 is 2.77. The van der Waals surface area contributed by atoms with E-state index in [4.69, 9.17) is 0 Å². The van der Waals surface area contributed by atoms with Gasteiger partial charge in [-0.25, -0.2) is 4.98 Å². The Morgan fingerprint density at radius 1 is 1.44 bits per heavy atom. The number of amides is 1. The molecule has 2 rings (SSSR count). The minimum absolute atomic E-state index is 0.0956. The molecule has 0 bridgehead atoms. The quantitative estimate of drug-likeness (QED) is 0.871. The molecule has 0 aliphatic heterocycles. The number of thioether (sulfide) groups is 1. The Kier molecular flexibility index (Phi) is 4.27. The van der Waals surface area contributed by atoms with Crippen LogP contribution in [0.5, 0.6) is 0 Å². The average molecular weight is 280 g/mol. The van der Waals surface area contributed by atoms with Gasteiger partial charge >= 0.3 is 0 Å². The number of rotatable bonds is 4. The Morgan fingerprint density at radius 3 is 2.89 bits per heavy atom. The fourth-order valence-corrected chi connectivity index (χ4v) is 2.61. The fraction of sp³-hybridized carbons (Fsp3) is 0.273. The van der Waals surface area contributed by atoms with Crippen LogP contribution in [0.2, 0.25) is 0 Å². The molecule has 0 aromatic carbocycles. The van der Waals surface area contributed by atoms with Crippen LogP contribution in [0.3, 0.4) is 0 Å². The van der Waals surface area contributed by atoms with E-state index in [1.807, 2.05) is 32.0 Å². The molecule has 2 aromatic rings. The Balaban J connectivity index is 1.93. The van der Waals surface area contributed by atoms with Crippen LogP contribution < -0.4 is 5.32 Å². The molecule has 0 aliphatic rings. The van der Waals surface area contributed by atoms with Gasteiger partial charge in [-0.1, -0.05) is 29.2 Å². The van der Waals surface area contributed by atoms with Crippen LogP contribution in [-0.4, -0.2) is 26.3 Å². The van der Waals surface area contributed by atoms with Crippen LogP contribution in [0.1, 0.15) is 11.9 Å². The van der Waals surface area contributed by atoms with E-state index in [0.29, 0.717) is 5.13 Å². The first kappa shape index (κ1) is 13.0. The normalized spacial score (nSPS) is 12.1. The minimum Gasteiger partial charge on any atom is -0.300 e. The number of aryl methyl sites for hydroxylation is 1. The van der Waals surface area contributed by atoms with Gasteiger partial charge in [-0.15, -0.1) is 10.2 Å². The monoisotopic (exact) mass is 280 g/mol. The van der Waals surface area contributed by atoms with Crippen molar-refractivity contribution in [2.45, 2.75) is 24.1 Å². The maximum Gasteiger partial charge on any atom is 0.239 e. The van der Waals surface area contributed by atoms with Crippen LogP contribution in [0.25, 0.3) is 0 Å². The molecule has 2 aromatic heterocycles. The van der Waals surface area contributed by atoms with Gasteiger partial charge in [0.25, 0.3) is 0 Å². The third-order valence-corrected chi connectivity index (χ3v) is 3.87. The molecule has 1 atom stereocenters. The lowest BCUT2D eigenvalue weighted by Crippen LogP contribution is -2.22. The highest BCUT2D eigenvalue weighted by molar-refractivity contribution is 8.00. The SMILES string of the molecule is Cc1nnc(NC(=O)C(C)Sc2ccccn2)s1. The number of hydrogen-bond acceptors (Lipinski definition) is 6. The summed E-state index contributed by atoms with van der Waals surface area (Å²) in [6.45, 7) is 3.68. The lowest BCUT2D eigenvalue weighted by molar-refractivity contribution is -0.115. The van der Waals surface area contributed by atoms with E-state index < -0.39 is 0 Å². The molecule has 2 heterocycles. The summed E-state index contributed by atoms with van der Waals surface area (Å²) in [4.78, 5) is 16.1. The van der Waals surface area contributed by atoms with Gasteiger partial charge in [-0.2, -0.15) is 0 Å². The smallest absolute Gasteiger partial charge is 0.239 e. The zero-order valence-corrected chi connectivity index (χ0v) is 11.6. The van der Waals surface area contributed by atoms with E-state index in [1.54, 1.807) is 6.20 Å². The summed E-state index contributed by atoms with van der Waals surface area (Å²) in [6.07, 6.45) is 1.71. The molecule has 0 saturated carbocycles. The van der Waals surface area contributed by atoms with Crippen LogP contribution in [0, 0.1) is 6.92 Å². The van der Waals surface area contributed by atoms with Crippen molar-refractivity contribution in [2.75, 3.05) is 5.32 Å². The molecule has 5 nitrogen and oxygen atoms in total. The number of aromatic nitrogens is 3. The summed E-state index contributed by atoms with van der Waals surface area (Å²) in [5, 5.41) is 12.4. The molecule has 0 radical (unpaired) electrons. The molecule has 0 spiro atoms. The topological polar surface area (TPSA) is 67.8 Å². The van der Waals surface area contributed by atoms with Crippen LogP contribution in [0.15, 0.2) is 29.4 Å². The van der Waals surface area contributed by atoms with Crippen molar-refractivity contribution in [3.05, 3.63) is 29.4 Å². The lowest BCUT2D eigenvalue weighted by Gasteiger charge is -2.09. The largest absolute Gasteiger partial charge is 0.300 e. The number of carbonyl (C=O) groups excluding carboxylic acids is 1. The van der Waals surface area contributed by atoms with E-state index in [-0.39, 0.29) is 11.2 Å². The van der Waals surface area contributed by atoms with Crippen molar-refractivity contribution in [1.82, 2.24) is 15.2 Å². The number of hydrogen-bond donors (Lipinski definition) is 1. The van der Waals surface area contributed by atoms with Crippen LogP contribution in [0.4, 0.5) is 5.13 Å². The van der Waals surface area contributed by atoms with Crippen molar-refractivity contribution in [2.24, 2.45) is 0 Å². The van der Waals surface area contributed by atoms with Crippen LogP contribution in [-0.2, 0) is 4.79 Å². The van der Waals surface area contributed by atoms with Gasteiger partial charge in [0.2, 0.25) is 11.0 Å². The Morgan fingerprint density at radius 2 is 2.28 bits per heavy atom. The average Bonchev–Trinajstić information content (AvgIpc) is 2.76. The predicted octanol–water partition coefficient (Wildman–Crippen LogP) is 2.36. The summed E-state index contributed by atoms with van der Waals surface area (Å²) < 4.78 is 0. The van der Waals surface area contributed by atoms with Crippen molar-refractivity contribution in [1.29, 1.82) is 0 Å². The first-order chi connectivity index (χ1) is 8.65. The standard InChI is InChI=1S/C11H12N4OS2/c1-7(17-9-5-3-4-6-12-9)10(16)13-11-15-14-8(2)18-11/h3-7H,1-2H3,(H,13,15,16). The van der Waals surface area contributed by atoms with Gasteiger partial charge in [0.15, 0.2) is 0 Å². The molecule has 7 heteroatoms. The lowest BCUT2D eigenvalue weighted by atomic mass is 10.4. The molecule has 1 unspecified atom stereocenters. The van der Waals surface area contributed by atoms with Gasteiger partial charge in [0.1, 0.15) is 5.01 Å². The highest BCUT2D eigenvalue weighted by atomic mass is 32.2. The Labute approximate surface area is 113 Å². The van der Waals surface area contributed by atoms with E-state index >= 15 is 0 Å². The molecule has 94 valence electrons. The van der Waals surface area contributed by atoms with Gasteiger partial charge in [-0.05, 0) is 26.0 Å². The minimum atomic E-state index is -0.232. The second-order valence-corrected chi connectivity index (χ2v) is 6.09. The van der Waals surface area contributed by atoms with E-state index in [0.717, 1.165) is 10.0 Å². The van der Waals surface area contributed by atoms with Gasteiger partial charge in [0, 0.05) is 6.20 Å². The van der Waals surface area contributed by atoms with E-state index in [2.05, 4.69) is 20.5 Å². The summed E-state index contributed by atoms with van der Waals surface area (Å²) in [7, 11) is 0. The molecular weight excluding hydrogens is 268 g/mol. The molecular formula is C11H12N4OS2. The molecule has 1 N–H and O–H groups in total. The number of nitrogens with zero attached hydrogens (tertiary/aromatic N) is 3. The van der Waals surface area contributed by atoms with Crippen molar-refractivity contribution in [3.63, 3.8) is 0 Å². The summed E-state index contributed by atoms with van der Waals surface area (Å²) in [5.74, 6) is -0.0956. The highest BCUT2D eigenvalue weighted by Crippen LogP contribution is 2.22. The summed E-state index contributed by atoms with van der Waals surface area (Å²) in [6, 6.07) is 5.62. The third-order valence-electron chi connectivity index (χ3n) is 2.06. The first-order valence-corrected chi connectivity index (χ1v) is 7.03. The Bertz CT molecular complexity index is 529. The number of carbonyl (C=O) groups is 1. The zero-order valence-electron chi connectivity index (χ0n) is 9.95. The number of anilines is 1. The molecule has 0 saturated heterocycles. The third kappa shape index (κ3) is 3.51. The van der Waals surface area contributed by atoms with Gasteiger partial charge in [-0.3, -0.25) is 10.1 Å². The van der Waals surface area contributed by atoms with E-state index in [9.17, 15) is 4.79 Å². The Hall–Kier alpha value is -1.47. The highest BCUT2D eigenvalue weighted by Gasteiger charge is 2.16. The van der Waals surface area contributed by atoms with Gasteiger partial charge in [0.05, 0.1) is 10.3 Å². The van der Waals surface area contributed by atoms with E-state index in [1.165, 1.54) is 23.1 Å². The fourth-order valence-electron chi connectivity index (χ4n) is 1.21. The van der Waals surface area contributed by atoms with Crippen molar-refractivity contribution in [3.8, 4) is 0 Å². The first-order valence-electron chi connectivity index (χ1n) is 5.34. The molecule has 0 aliphatic carbocycles. The van der Waals surface area contributed by atoms with Gasteiger partial charge < -0.3 is 0 Å². The van der Waals surface area contributed by atoms with Crippen molar-refractivity contribution < 1.29 is 4.79 Å². The molecule has 18 heavy (non-hydrogen) atoms. The second kappa shape index (κ2) is 5.92. The molecule has 1 amide bonds. The molecule has 0 fully saturated rings. The number of nitrogens with one attached hydrogen (secondary N) is 1. The maximum atomic E-state index is 11.9. The van der Waals surface area contributed by atoms with Crippen LogP contribution >= 0.6 is 23.1 Å². The maximum absolute atomic E-state index is 11.9. The van der Waals surface area contributed by atoms with Crippen molar-refractivity contribution >= 4 is 34.1 Å². The summed E-state index contributed by atoms with van der Waals surface area (Å²) in [5.41, 5.74) is 0. The second-order valence-electron chi connectivity index (χ2n) is 3.54. The predicted molar refractivity (Wildman–Crippen MR) is 72.8 cm³/mol.